The number of benzene rings is 2. The van der Waals surface area contributed by atoms with Crippen molar-refractivity contribution in [1.82, 2.24) is 4.90 Å². The molecule has 1 unspecified atom stereocenters. The Balaban J connectivity index is 1.82. The number of fused-ring (bicyclic) bond motifs is 1. The molecule has 0 spiro atoms. The number of amides is 3. The number of nitrogens with one attached hydrogen (secondary N) is 1. The molecule has 2 N–H and O–H groups in total. The largest absolute Gasteiger partial charge is 0.506 e. The molecule has 0 aliphatic carbocycles. The molecule has 0 fully saturated rings. The van der Waals surface area contributed by atoms with E-state index in [-0.39, 0.29) is 22.6 Å². The van der Waals surface area contributed by atoms with E-state index in [2.05, 4.69) is 5.32 Å². The summed E-state index contributed by atoms with van der Waals surface area (Å²) in [5.41, 5.74) is 0.695. The number of aromatic hydroxyl groups is 1. The van der Waals surface area contributed by atoms with Crippen LogP contribution in [0.25, 0.3) is 0 Å². The van der Waals surface area contributed by atoms with Gasteiger partial charge in [-0.05, 0) is 31.2 Å². The van der Waals surface area contributed by atoms with Gasteiger partial charge in [-0.15, -0.1) is 0 Å². The van der Waals surface area contributed by atoms with Crippen LogP contribution in [0.3, 0.4) is 0 Å². The van der Waals surface area contributed by atoms with Crippen molar-refractivity contribution in [2.45, 2.75) is 13.0 Å². The fourth-order valence-corrected chi connectivity index (χ4v) is 2.69. The van der Waals surface area contributed by atoms with Gasteiger partial charge in [-0.25, -0.2) is 0 Å². The second kappa shape index (κ2) is 5.98. The van der Waals surface area contributed by atoms with Crippen LogP contribution in [0.2, 0.25) is 5.02 Å². The maximum atomic E-state index is 12.4. The third kappa shape index (κ3) is 2.61. The normalized spacial score (nSPS) is 14.5. The van der Waals surface area contributed by atoms with Crippen molar-refractivity contribution in [3.05, 3.63) is 58.6 Å². The van der Waals surface area contributed by atoms with E-state index in [1.165, 1.54) is 25.1 Å². The monoisotopic (exact) mass is 344 g/mol. The summed E-state index contributed by atoms with van der Waals surface area (Å²) in [6, 6.07) is 9.59. The zero-order valence-electron chi connectivity index (χ0n) is 12.6. The molecule has 0 bridgehead atoms. The van der Waals surface area contributed by atoms with E-state index >= 15 is 0 Å². The predicted octanol–water partition coefficient (Wildman–Crippen LogP) is 2.67. The van der Waals surface area contributed by atoms with Crippen LogP contribution in [0.15, 0.2) is 42.5 Å². The zero-order valence-corrected chi connectivity index (χ0v) is 13.4. The van der Waals surface area contributed by atoms with Gasteiger partial charge in [0.25, 0.3) is 11.8 Å². The number of carbonyl (C=O) groups excluding carboxylic acids is 3. The first-order valence-corrected chi connectivity index (χ1v) is 7.54. The highest BCUT2D eigenvalue weighted by Crippen LogP contribution is 2.28. The number of rotatable bonds is 3. The highest BCUT2D eigenvalue weighted by molar-refractivity contribution is 6.30. The Morgan fingerprint density at radius 2 is 1.71 bits per heavy atom. The SMILES string of the molecule is CC(C(=O)Nc1ccc(Cl)cc1O)N1C(=O)c2ccccc2C1=O. The summed E-state index contributed by atoms with van der Waals surface area (Å²) in [7, 11) is 0. The molecule has 24 heavy (non-hydrogen) atoms. The summed E-state index contributed by atoms with van der Waals surface area (Å²) in [5, 5.41) is 12.6. The zero-order chi connectivity index (χ0) is 17.4. The highest BCUT2D eigenvalue weighted by Gasteiger charge is 2.40. The standard InChI is InChI=1S/C17H13ClN2O4/c1-9(15(22)19-13-7-6-10(18)8-14(13)21)20-16(23)11-4-2-3-5-12(11)17(20)24/h2-9,21H,1H3,(H,19,22). The number of hydrogen-bond acceptors (Lipinski definition) is 4. The van der Waals surface area contributed by atoms with E-state index in [0.717, 1.165) is 4.90 Å². The molecule has 2 aromatic rings. The molecule has 1 heterocycles. The van der Waals surface area contributed by atoms with E-state index < -0.39 is 23.8 Å². The second-order valence-corrected chi connectivity index (χ2v) is 5.79. The predicted molar refractivity (Wildman–Crippen MR) is 88.2 cm³/mol. The van der Waals surface area contributed by atoms with E-state index in [9.17, 15) is 19.5 Å². The maximum Gasteiger partial charge on any atom is 0.262 e. The van der Waals surface area contributed by atoms with Gasteiger partial charge in [0.15, 0.2) is 0 Å². The average molecular weight is 345 g/mol. The fraction of sp³-hybridized carbons (Fsp3) is 0.118. The Labute approximate surface area is 142 Å². The number of nitrogens with zero attached hydrogens (tertiary/aromatic N) is 1. The van der Waals surface area contributed by atoms with Crippen LogP contribution in [0.4, 0.5) is 5.69 Å². The molecule has 3 amide bonds. The van der Waals surface area contributed by atoms with E-state index in [4.69, 9.17) is 11.6 Å². The van der Waals surface area contributed by atoms with Crippen LogP contribution in [0, 0.1) is 0 Å². The molecular weight excluding hydrogens is 332 g/mol. The van der Waals surface area contributed by atoms with Gasteiger partial charge in [-0.2, -0.15) is 0 Å². The maximum absolute atomic E-state index is 12.4. The van der Waals surface area contributed by atoms with Gasteiger partial charge in [-0.3, -0.25) is 19.3 Å². The fourth-order valence-electron chi connectivity index (χ4n) is 2.52. The first-order valence-electron chi connectivity index (χ1n) is 7.16. The van der Waals surface area contributed by atoms with Crippen LogP contribution in [0.1, 0.15) is 27.6 Å². The van der Waals surface area contributed by atoms with Crippen molar-refractivity contribution in [2.75, 3.05) is 5.32 Å². The second-order valence-electron chi connectivity index (χ2n) is 5.35. The van der Waals surface area contributed by atoms with Crippen molar-refractivity contribution in [3.8, 4) is 5.75 Å². The van der Waals surface area contributed by atoms with Crippen LogP contribution >= 0.6 is 11.6 Å². The van der Waals surface area contributed by atoms with Gasteiger partial charge < -0.3 is 10.4 Å². The number of phenolic OH excluding ortho intramolecular Hbond substituents is 1. The smallest absolute Gasteiger partial charge is 0.262 e. The summed E-state index contributed by atoms with van der Waals surface area (Å²) in [4.78, 5) is 38.0. The summed E-state index contributed by atoms with van der Waals surface area (Å²) in [6.07, 6.45) is 0. The number of anilines is 1. The third-order valence-corrected chi connectivity index (χ3v) is 4.04. The molecular formula is C17H13ClN2O4. The molecule has 1 aliphatic heterocycles. The van der Waals surface area contributed by atoms with Crippen molar-refractivity contribution in [2.24, 2.45) is 0 Å². The van der Waals surface area contributed by atoms with E-state index in [1.54, 1.807) is 24.3 Å². The lowest BCUT2D eigenvalue weighted by atomic mass is 10.1. The Bertz CT molecular complexity index is 830. The van der Waals surface area contributed by atoms with Crippen LogP contribution in [-0.2, 0) is 4.79 Å². The van der Waals surface area contributed by atoms with Crippen molar-refractivity contribution in [3.63, 3.8) is 0 Å². The van der Waals surface area contributed by atoms with Gasteiger partial charge in [-0.1, -0.05) is 23.7 Å². The quantitative estimate of drug-likeness (QED) is 0.662. The lowest BCUT2D eigenvalue weighted by molar-refractivity contribution is -0.119. The molecule has 7 heteroatoms. The minimum atomic E-state index is -1.03. The first-order chi connectivity index (χ1) is 11.4. The number of carbonyl (C=O) groups is 3. The van der Waals surface area contributed by atoms with Gasteiger partial charge in [0.1, 0.15) is 11.8 Å². The van der Waals surface area contributed by atoms with Gasteiger partial charge in [0, 0.05) is 11.1 Å². The van der Waals surface area contributed by atoms with Crippen LogP contribution in [0.5, 0.6) is 5.75 Å². The number of phenols is 1. The average Bonchev–Trinajstić information content (AvgIpc) is 2.81. The summed E-state index contributed by atoms with van der Waals surface area (Å²) in [6.45, 7) is 1.45. The third-order valence-electron chi connectivity index (χ3n) is 3.81. The van der Waals surface area contributed by atoms with E-state index in [1.807, 2.05) is 0 Å². The molecule has 2 aromatic carbocycles. The minimum absolute atomic E-state index is 0.146. The molecule has 6 nitrogen and oxygen atoms in total. The van der Waals surface area contributed by atoms with Crippen molar-refractivity contribution in [1.29, 1.82) is 0 Å². The Hall–Kier alpha value is -2.86. The number of hydrogen-bond donors (Lipinski definition) is 2. The van der Waals surface area contributed by atoms with E-state index in [0.29, 0.717) is 5.02 Å². The topological polar surface area (TPSA) is 86.7 Å². The Morgan fingerprint density at radius 3 is 2.25 bits per heavy atom. The first kappa shape index (κ1) is 16.0. The Kier molecular flexibility index (Phi) is 3.99. The van der Waals surface area contributed by atoms with Crippen LogP contribution < -0.4 is 5.32 Å². The van der Waals surface area contributed by atoms with Crippen molar-refractivity contribution < 1.29 is 19.5 Å². The summed E-state index contributed by atoms with van der Waals surface area (Å²) < 4.78 is 0. The molecule has 0 saturated carbocycles. The molecule has 122 valence electrons. The highest BCUT2D eigenvalue weighted by atomic mass is 35.5. The molecule has 0 aromatic heterocycles. The lowest BCUT2D eigenvalue weighted by Crippen LogP contribution is -2.45. The van der Waals surface area contributed by atoms with Crippen LogP contribution in [-0.4, -0.2) is 33.8 Å². The lowest BCUT2D eigenvalue weighted by Gasteiger charge is -2.22. The summed E-state index contributed by atoms with van der Waals surface area (Å²) >= 11 is 5.74. The molecule has 0 radical (unpaired) electrons. The number of halogens is 1. The van der Waals surface area contributed by atoms with Gasteiger partial charge in [0.05, 0.1) is 16.8 Å². The van der Waals surface area contributed by atoms with Crippen molar-refractivity contribution >= 4 is 35.0 Å². The molecule has 1 aliphatic rings. The number of imide groups is 1. The van der Waals surface area contributed by atoms with Gasteiger partial charge in [0.2, 0.25) is 5.91 Å². The summed E-state index contributed by atoms with van der Waals surface area (Å²) in [5.74, 6) is -1.83. The Morgan fingerprint density at radius 1 is 1.12 bits per heavy atom. The molecule has 0 saturated heterocycles. The minimum Gasteiger partial charge on any atom is -0.506 e. The van der Waals surface area contributed by atoms with Gasteiger partial charge >= 0.3 is 0 Å². The molecule has 1 atom stereocenters. The molecule has 3 rings (SSSR count).